The number of piperazine rings is 1. The molecule has 1 aliphatic heterocycles. The fraction of sp³-hybridized carbons (Fsp3) is 0.409. The lowest BCUT2D eigenvalue weighted by Crippen LogP contribution is -2.51. The van der Waals surface area contributed by atoms with Gasteiger partial charge in [0.2, 0.25) is 5.91 Å². The van der Waals surface area contributed by atoms with Gasteiger partial charge in [-0.05, 0) is 49.6 Å². The van der Waals surface area contributed by atoms with Gasteiger partial charge in [0.1, 0.15) is 0 Å². The van der Waals surface area contributed by atoms with Crippen molar-refractivity contribution >= 4 is 11.6 Å². The summed E-state index contributed by atoms with van der Waals surface area (Å²) < 4.78 is 0. The van der Waals surface area contributed by atoms with E-state index in [9.17, 15) is 4.79 Å². The number of carbonyl (C=O) groups excluding carboxylic acids is 1. The number of carbonyl (C=O) groups is 1. The van der Waals surface area contributed by atoms with Crippen LogP contribution in [-0.2, 0) is 11.2 Å². The van der Waals surface area contributed by atoms with Crippen LogP contribution in [0.15, 0.2) is 54.6 Å². The second-order valence-electron chi connectivity index (χ2n) is 6.97. The smallest absolute Gasteiger partial charge is 0.236 e. The molecule has 0 radical (unpaired) electrons. The molecule has 4 heteroatoms. The molecule has 0 aromatic heterocycles. The maximum Gasteiger partial charge on any atom is 0.236 e. The van der Waals surface area contributed by atoms with Gasteiger partial charge in [0.05, 0.1) is 6.54 Å². The minimum atomic E-state index is 0.216. The third-order valence-corrected chi connectivity index (χ3v) is 4.94. The van der Waals surface area contributed by atoms with Gasteiger partial charge in [0.25, 0.3) is 0 Å². The van der Waals surface area contributed by atoms with Gasteiger partial charge < -0.3 is 15.1 Å². The number of anilines is 1. The van der Waals surface area contributed by atoms with E-state index in [2.05, 4.69) is 65.7 Å². The van der Waals surface area contributed by atoms with E-state index in [4.69, 9.17) is 0 Å². The molecule has 1 N–H and O–H groups in total. The Morgan fingerprint density at radius 3 is 2.50 bits per heavy atom. The molecule has 0 spiro atoms. The molecule has 4 nitrogen and oxygen atoms in total. The van der Waals surface area contributed by atoms with Gasteiger partial charge in [-0.1, -0.05) is 42.5 Å². The summed E-state index contributed by atoms with van der Waals surface area (Å²) >= 11 is 0. The molecule has 1 fully saturated rings. The van der Waals surface area contributed by atoms with E-state index >= 15 is 0 Å². The first-order valence-corrected chi connectivity index (χ1v) is 9.56. The average Bonchev–Trinajstić information content (AvgIpc) is 2.68. The lowest BCUT2D eigenvalue weighted by Gasteiger charge is -2.36. The first kappa shape index (κ1) is 18.5. The molecule has 0 bridgehead atoms. The van der Waals surface area contributed by atoms with Gasteiger partial charge in [-0.2, -0.15) is 0 Å². The first-order valence-electron chi connectivity index (χ1n) is 9.56. The summed E-state index contributed by atoms with van der Waals surface area (Å²) in [6.45, 7) is 6.86. The second-order valence-corrected chi connectivity index (χ2v) is 6.97. The van der Waals surface area contributed by atoms with Gasteiger partial charge in [0.15, 0.2) is 0 Å². The highest BCUT2D eigenvalue weighted by Crippen LogP contribution is 2.17. The molecule has 1 amide bonds. The summed E-state index contributed by atoms with van der Waals surface area (Å²) in [7, 11) is 0. The molecule has 2 aromatic carbocycles. The number of hydrogen-bond acceptors (Lipinski definition) is 3. The maximum atomic E-state index is 12.4. The summed E-state index contributed by atoms with van der Waals surface area (Å²) in [5.74, 6) is 0.216. The molecule has 1 aliphatic rings. The zero-order valence-electron chi connectivity index (χ0n) is 15.7. The van der Waals surface area contributed by atoms with Crippen molar-refractivity contribution in [3.63, 3.8) is 0 Å². The number of amides is 1. The number of nitrogens with zero attached hydrogens (tertiary/aromatic N) is 2. The van der Waals surface area contributed by atoms with Crippen LogP contribution in [0.3, 0.4) is 0 Å². The molecule has 3 rings (SSSR count). The Morgan fingerprint density at radius 1 is 1.00 bits per heavy atom. The quantitative estimate of drug-likeness (QED) is 0.779. The Balaban J connectivity index is 1.33. The molecular weight excluding hydrogens is 322 g/mol. The average molecular weight is 351 g/mol. The number of rotatable bonds is 7. The number of aryl methyl sites for hydroxylation is 2. The van der Waals surface area contributed by atoms with E-state index in [0.717, 1.165) is 45.6 Å². The van der Waals surface area contributed by atoms with E-state index < -0.39 is 0 Å². The third-order valence-electron chi connectivity index (χ3n) is 4.94. The minimum Gasteiger partial charge on any atom is -0.368 e. The van der Waals surface area contributed by atoms with Gasteiger partial charge >= 0.3 is 0 Å². The van der Waals surface area contributed by atoms with Crippen LogP contribution in [0.4, 0.5) is 5.69 Å². The summed E-state index contributed by atoms with van der Waals surface area (Å²) in [6, 6.07) is 19.1. The monoisotopic (exact) mass is 351 g/mol. The van der Waals surface area contributed by atoms with Crippen molar-refractivity contribution in [1.82, 2.24) is 10.2 Å². The third kappa shape index (κ3) is 5.33. The SMILES string of the molecule is Cc1cccc(N2CCN(C(=O)CNCCCc3ccccc3)CC2)c1. The van der Waals surface area contributed by atoms with E-state index in [1.54, 1.807) is 0 Å². The van der Waals surface area contributed by atoms with Crippen LogP contribution in [0, 0.1) is 6.92 Å². The molecule has 0 unspecified atom stereocenters. The second kappa shape index (κ2) is 9.39. The number of hydrogen-bond donors (Lipinski definition) is 1. The largest absolute Gasteiger partial charge is 0.368 e. The van der Waals surface area contributed by atoms with Crippen molar-refractivity contribution in [1.29, 1.82) is 0 Å². The Bertz CT molecular complexity index is 694. The van der Waals surface area contributed by atoms with Gasteiger partial charge in [-0.3, -0.25) is 4.79 Å². The topological polar surface area (TPSA) is 35.6 Å². The summed E-state index contributed by atoms with van der Waals surface area (Å²) in [4.78, 5) is 16.7. The molecule has 1 saturated heterocycles. The highest BCUT2D eigenvalue weighted by atomic mass is 16.2. The standard InChI is InChI=1S/C22H29N3O/c1-19-7-5-11-21(17-19)24-13-15-25(16-14-24)22(26)18-23-12-6-10-20-8-3-2-4-9-20/h2-5,7-9,11,17,23H,6,10,12-16,18H2,1H3. The highest BCUT2D eigenvalue weighted by molar-refractivity contribution is 5.78. The van der Waals surface area contributed by atoms with Crippen LogP contribution in [-0.4, -0.2) is 50.1 Å². The molecular formula is C22H29N3O. The Morgan fingerprint density at radius 2 is 1.77 bits per heavy atom. The lowest BCUT2D eigenvalue weighted by molar-refractivity contribution is -0.130. The summed E-state index contributed by atoms with van der Waals surface area (Å²) in [5.41, 5.74) is 3.89. The molecule has 2 aromatic rings. The molecule has 1 heterocycles. The Kier molecular flexibility index (Phi) is 6.67. The fourth-order valence-electron chi connectivity index (χ4n) is 3.41. The van der Waals surface area contributed by atoms with Crippen molar-refractivity contribution in [3.8, 4) is 0 Å². The lowest BCUT2D eigenvalue weighted by atomic mass is 10.1. The van der Waals surface area contributed by atoms with Crippen LogP contribution in [0.5, 0.6) is 0 Å². The van der Waals surface area contributed by atoms with Crippen LogP contribution in [0.2, 0.25) is 0 Å². The van der Waals surface area contributed by atoms with Crippen LogP contribution in [0.1, 0.15) is 17.5 Å². The van der Waals surface area contributed by atoms with Crippen molar-refractivity contribution in [3.05, 3.63) is 65.7 Å². The number of benzene rings is 2. The van der Waals surface area contributed by atoms with Crippen molar-refractivity contribution in [2.45, 2.75) is 19.8 Å². The predicted octanol–water partition coefficient (Wildman–Crippen LogP) is 2.87. The molecule has 0 saturated carbocycles. The first-order chi connectivity index (χ1) is 12.7. The normalized spacial score (nSPS) is 14.5. The van der Waals surface area contributed by atoms with Gasteiger partial charge in [0, 0.05) is 31.9 Å². The zero-order valence-corrected chi connectivity index (χ0v) is 15.7. The zero-order chi connectivity index (χ0) is 18.2. The molecule has 138 valence electrons. The predicted molar refractivity (Wildman–Crippen MR) is 108 cm³/mol. The van der Waals surface area contributed by atoms with Crippen LogP contribution >= 0.6 is 0 Å². The van der Waals surface area contributed by atoms with Crippen molar-refractivity contribution < 1.29 is 4.79 Å². The van der Waals surface area contributed by atoms with Crippen LogP contribution < -0.4 is 10.2 Å². The maximum absolute atomic E-state index is 12.4. The molecule has 26 heavy (non-hydrogen) atoms. The fourth-order valence-corrected chi connectivity index (χ4v) is 3.41. The van der Waals surface area contributed by atoms with E-state index in [1.807, 2.05) is 11.0 Å². The molecule has 0 atom stereocenters. The summed E-state index contributed by atoms with van der Waals surface area (Å²) in [5, 5.41) is 3.30. The van der Waals surface area contributed by atoms with E-state index in [0.29, 0.717) is 6.54 Å². The Labute approximate surface area is 156 Å². The summed E-state index contributed by atoms with van der Waals surface area (Å²) in [6.07, 6.45) is 2.11. The van der Waals surface area contributed by atoms with Crippen molar-refractivity contribution in [2.24, 2.45) is 0 Å². The van der Waals surface area contributed by atoms with Crippen molar-refractivity contribution in [2.75, 3.05) is 44.2 Å². The van der Waals surface area contributed by atoms with E-state index in [1.165, 1.54) is 16.8 Å². The number of nitrogens with one attached hydrogen (secondary N) is 1. The van der Waals surface area contributed by atoms with Crippen LogP contribution in [0.25, 0.3) is 0 Å². The minimum absolute atomic E-state index is 0.216. The highest BCUT2D eigenvalue weighted by Gasteiger charge is 2.20. The van der Waals surface area contributed by atoms with Gasteiger partial charge in [-0.25, -0.2) is 0 Å². The molecule has 0 aliphatic carbocycles. The van der Waals surface area contributed by atoms with Gasteiger partial charge in [-0.15, -0.1) is 0 Å². The van der Waals surface area contributed by atoms with E-state index in [-0.39, 0.29) is 5.91 Å². The Hall–Kier alpha value is -2.33.